The highest BCUT2D eigenvalue weighted by atomic mass is 127. The molecule has 0 radical (unpaired) electrons. The van der Waals surface area contributed by atoms with Crippen LogP contribution in [0, 0.1) is 5.92 Å². The highest BCUT2D eigenvalue weighted by Crippen LogP contribution is 2.57. The molecule has 0 saturated carbocycles. The quantitative estimate of drug-likeness (QED) is 0.455. The summed E-state index contributed by atoms with van der Waals surface area (Å²) in [6, 6.07) is 8.26. The Bertz CT molecular complexity index is 535. The van der Waals surface area contributed by atoms with Gasteiger partial charge in [-0.2, -0.15) is 0 Å². The fourth-order valence-corrected chi connectivity index (χ4v) is 6.07. The van der Waals surface area contributed by atoms with E-state index in [0.717, 1.165) is 17.3 Å². The summed E-state index contributed by atoms with van der Waals surface area (Å²) in [4.78, 5) is 0. The molecule has 0 N–H and O–H groups in total. The molecule has 4 heteroatoms. The molecule has 0 amide bonds. The van der Waals surface area contributed by atoms with Crippen molar-refractivity contribution in [2.75, 3.05) is 0 Å². The molecule has 2 fully saturated rings. The summed E-state index contributed by atoms with van der Waals surface area (Å²) in [5.41, 5.74) is 1.07. The molecule has 1 aromatic rings. The summed E-state index contributed by atoms with van der Waals surface area (Å²) < 4.78 is 14.5. The molecule has 116 valence electrons. The van der Waals surface area contributed by atoms with E-state index in [0.29, 0.717) is 16.4 Å². The molecule has 4 unspecified atom stereocenters. The average Bonchev–Trinajstić information content (AvgIpc) is 2.86. The van der Waals surface area contributed by atoms with Gasteiger partial charge in [-0.1, -0.05) is 70.6 Å². The SMILES string of the molecule is CC(C)C12CC(OCc3ccccc3Br)C(C)(CC1I)O2. The fourth-order valence-electron chi connectivity index (χ4n) is 3.70. The van der Waals surface area contributed by atoms with Crippen molar-refractivity contribution in [1.29, 1.82) is 0 Å². The second kappa shape index (κ2) is 5.77. The van der Waals surface area contributed by atoms with E-state index < -0.39 is 0 Å². The van der Waals surface area contributed by atoms with Crippen LogP contribution in [-0.4, -0.2) is 21.2 Å². The third-order valence-electron chi connectivity index (χ3n) is 5.10. The van der Waals surface area contributed by atoms with Crippen LogP contribution in [0.5, 0.6) is 0 Å². The zero-order chi connectivity index (χ0) is 15.3. The Morgan fingerprint density at radius 3 is 2.71 bits per heavy atom. The van der Waals surface area contributed by atoms with Crippen molar-refractivity contribution < 1.29 is 9.47 Å². The van der Waals surface area contributed by atoms with Crippen LogP contribution in [0.2, 0.25) is 0 Å². The topological polar surface area (TPSA) is 18.5 Å². The van der Waals surface area contributed by atoms with Gasteiger partial charge >= 0.3 is 0 Å². The minimum absolute atomic E-state index is 0.00605. The Labute approximate surface area is 149 Å². The summed E-state index contributed by atoms with van der Waals surface area (Å²) in [5, 5.41) is 0. The normalized spacial score (nSPS) is 38.4. The van der Waals surface area contributed by atoms with Crippen LogP contribution >= 0.6 is 38.5 Å². The Balaban J connectivity index is 1.73. The van der Waals surface area contributed by atoms with Gasteiger partial charge in [-0.15, -0.1) is 0 Å². The van der Waals surface area contributed by atoms with Gasteiger partial charge < -0.3 is 9.47 Å². The van der Waals surface area contributed by atoms with Crippen molar-refractivity contribution in [1.82, 2.24) is 0 Å². The molecular weight excluding hydrogens is 443 g/mol. The Kier molecular flexibility index (Phi) is 4.45. The van der Waals surface area contributed by atoms with Crippen molar-refractivity contribution in [3.8, 4) is 0 Å². The molecule has 0 aromatic heterocycles. The van der Waals surface area contributed by atoms with Gasteiger partial charge in [-0.25, -0.2) is 0 Å². The Morgan fingerprint density at radius 2 is 2.10 bits per heavy atom. The molecule has 2 heterocycles. The van der Waals surface area contributed by atoms with Gasteiger partial charge in [0.2, 0.25) is 0 Å². The number of hydrogen-bond donors (Lipinski definition) is 0. The van der Waals surface area contributed by atoms with Crippen molar-refractivity contribution in [2.45, 2.75) is 61.5 Å². The van der Waals surface area contributed by atoms with E-state index in [4.69, 9.17) is 9.47 Å². The molecule has 21 heavy (non-hydrogen) atoms. The maximum atomic E-state index is 6.51. The molecule has 2 aliphatic heterocycles. The van der Waals surface area contributed by atoms with Crippen molar-refractivity contribution in [3.63, 3.8) is 0 Å². The first-order chi connectivity index (χ1) is 9.87. The number of rotatable bonds is 4. The number of fused-ring (bicyclic) bond motifs is 2. The molecule has 3 rings (SSSR count). The number of hydrogen-bond acceptors (Lipinski definition) is 2. The molecule has 0 aliphatic carbocycles. The second-order valence-electron chi connectivity index (χ2n) is 6.79. The van der Waals surface area contributed by atoms with Gasteiger partial charge in [0.15, 0.2) is 0 Å². The summed E-state index contributed by atoms with van der Waals surface area (Å²) in [7, 11) is 0. The van der Waals surface area contributed by atoms with Gasteiger partial charge in [0.05, 0.1) is 23.9 Å². The fraction of sp³-hybridized carbons (Fsp3) is 0.647. The van der Waals surface area contributed by atoms with Crippen LogP contribution in [0.25, 0.3) is 0 Å². The first-order valence-electron chi connectivity index (χ1n) is 7.57. The molecular formula is C17H22BrIO2. The molecule has 1 aromatic carbocycles. The smallest absolute Gasteiger partial charge is 0.0935 e. The predicted molar refractivity (Wildman–Crippen MR) is 96.8 cm³/mol. The monoisotopic (exact) mass is 464 g/mol. The highest BCUT2D eigenvalue weighted by molar-refractivity contribution is 14.1. The lowest BCUT2D eigenvalue weighted by Crippen LogP contribution is -2.44. The van der Waals surface area contributed by atoms with Gasteiger partial charge in [0, 0.05) is 14.8 Å². The molecule has 2 nitrogen and oxygen atoms in total. The van der Waals surface area contributed by atoms with Crippen LogP contribution < -0.4 is 0 Å². The van der Waals surface area contributed by atoms with E-state index >= 15 is 0 Å². The molecule has 0 spiro atoms. The van der Waals surface area contributed by atoms with Crippen molar-refractivity contribution in [2.24, 2.45) is 5.92 Å². The zero-order valence-electron chi connectivity index (χ0n) is 12.7. The average molecular weight is 465 g/mol. The highest BCUT2D eigenvalue weighted by Gasteiger charge is 2.65. The number of benzene rings is 1. The van der Waals surface area contributed by atoms with Gasteiger partial charge in [-0.3, -0.25) is 0 Å². The minimum atomic E-state index is -0.128. The molecule has 4 atom stereocenters. The van der Waals surface area contributed by atoms with E-state index in [1.165, 1.54) is 5.56 Å². The maximum absolute atomic E-state index is 6.51. The number of alkyl halides is 1. The minimum Gasteiger partial charge on any atom is -0.370 e. The Morgan fingerprint density at radius 1 is 1.38 bits per heavy atom. The molecule has 2 saturated heterocycles. The standard InChI is InChI=1S/C17H22BrIO2/c1-11(2)17-9-15(16(3,21-17)8-14(17)19)20-10-12-6-4-5-7-13(12)18/h4-7,11,14-15H,8-10H2,1-3H3. The van der Waals surface area contributed by atoms with Gasteiger partial charge in [0.25, 0.3) is 0 Å². The summed E-state index contributed by atoms with van der Waals surface area (Å²) in [6.07, 6.45) is 2.30. The first kappa shape index (κ1) is 16.2. The lowest BCUT2D eigenvalue weighted by molar-refractivity contribution is -0.0954. The molecule has 2 aliphatic rings. The Hall–Kier alpha value is 0.350. The maximum Gasteiger partial charge on any atom is 0.0935 e. The largest absolute Gasteiger partial charge is 0.370 e. The lowest BCUT2D eigenvalue weighted by Gasteiger charge is -2.35. The number of ether oxygens (including phenoxy) is 2. The van der Waals surface area contributed by atoms with Crippen LogP contribution in [0.1, 0.15) is 39.2 Å². The molecule has 2 bridgehead atoms. The van der Waals surface area contributed by atoms with Crippen LogP contribution in [-0.2, 0) is 16.1 Å². The van der Waals surface area contributed by atoms with Crippen LogP contribution in [0.4, 0.5) is 0 Å². The third kappa shape index (κ3) is 2.70. The lowest BCUT2D eigenvalue weighted by atomic mass is 9.75. The summed E-state index contributed by atoms with van der Waals surface area (Å²) >= 11 is 6.16. The van der Waals surface area contributed by atoms with E-state index in [-0.39, 0.29) is 17.3 Å². The second-order valence-corrected chi connectivity index (χ2v) is 9.15. The van der Waals surface area contributed by atoms with E-state index in [1.807, 2.05) is 6.07 Å². The predicted octanol–water partition coefficient (Wildman–Crippen LogP) is 5.12. The zero-order valence-corrected chi connectivity index (χ0v) is 16.5. The summed E-state index contributed by atoms with van der Waals surface area (Å²) in [5.74, 6) is 0.526. The van der Waals surface area contributed by atoms with E-state index in [9.17, 15) is 0 Å². The third-order valence-corrected chi connectivity index (χ3v) is 7.37. The summed E-state index contributed by atoms with van der Waals surface area (Å²) in [6.45, 7) is 7.41. The van der Waals surface area contributed by atoms with Crippen LogP contribution in [0.3, 0.4) is 0 Å². The van der Waals surface area contributed by atoms with E-state index in [1.54, 1.807) is 0 Å². The first-order valence-corrected chi connectivity index (χ1v) is 9.60. The van der Waals surface area contributed by atoms with Crippen molar-refractivity contribution >= 4 is 38.5 Å². The van der Waals surface area contributed by atoms with Crippen LogP contribution in [0.15, 0.2) is 28.7 Å². The van der Waals surface area contributed by atoms with Gasteiger partial charge in [-0.05, 0) is 30.9 Å². The number of halogens is 2. The van der Waals surface area contributed by atoms with Gasteiger partial charge in [0.1, 0.15) is 0 Å². The van der Waals surface area contributed by atoms with Crippen molar-refractivity contribution in [3.05, 3.63) is 34.3 Å². The van der Waals surface area contributed by atoms with E-state index in [2.05, 4.69) is 77.5 Å².